The molecule has 4 aromatic rings. The lowest BCUT2D eigenvalue weighted by Gasteiger charge is -2.13. The number of carbonyl (C=O) groups excluding carboxylic acids is 3. The number of ether oxygens (including phenoxy) is 1. The van der Waals surface area contributed by atoms with Gasteiger partial charge < -0.3 is 9.15 Å². The van der Waals surface area contributed by atoms with Gasteiger partial charge in [-0.05, 0) is 42.5 Å². The van der Waals surface area contributed by atoms with Crippen LogP contribution in [0.4, 0.5) is 10.1 Å². The summed E-state index contributed by atoms with van der Waals surface area (Å²) in [5, 5.41) is 0. The van der Waals surface area contributed by atoms with Crippen LogP contribution >= 0.6 is 0 Å². The lowest BCUT2D eigenvalue weighted by molar-refractivity contribution is 0.0438. The number of hydrogen-bond donors (Lipinski definition) is 0. The molecule has 3 aromatic carbocycles. The number of anilines is 1. The van der Waals surface area contributed by atoms with Crippen molar-refractivity contribution in [1.82, 2.24) is 4.98 Å². The Kier molecular flexibility index (Phi) is 5.02. The van der Waals surface area contributed by atoms with Gasteiger partial charge in [0.15, 0.2) is 12.4 Å². The Morgan fingerprint density at radius 2 is 1.67 bits per heavy atom. The molecule has 0 fully saturated rings. The number of benzene rings is 3. The monoisotopic (exact) mass is 442 g/mol. The first-order valence-electron chi connectivity index (χ1n) is 9.97. The van der Waals surface area contributed by atoms with E-state index in [1.807, 2.05) is 30.3 Å². The number of fused-ring (bicyclic) bond motifs is 1. The molecular weight excluding hydrogens is 427 g/mol. The number of oxazole rings is 1. The minimum Gasteiger partial charge on any atom is -0.452 e. The number of rotatable bonds is 5. The van der Waals surface area contributed by atoms with Crippen LogP contribution in [-0.2, 0) is 11.3 Å². The van der Waals surface area contributed by atoms with E-state index in [0.717, 1.165) is 22.6 Å². The van der Waals surface area contributed by atoms with Crippen molar-refractivity contribution in [2.45, 2.75) is 6.61 Å². The molecular formula is C25H15FN2O5. The van der Waals surface area contributed by atoms with Gasteiger partial charge in [0.2, 0.25) is 5.89 Å². The Bertz CT molecular complexity index is 1380. The lowest BCUT2D eigenvalue weighted by Crippen LogP contribution is -2.29. The van der Waals surface area contributed by atoms with Crippen molar-refractivity contribution in [2.24, 2.45) is 0 Å². The van der Waals surface area contributed by atoms with Gasteiger partial charge in [0, 0.05) is 5.56 Å². The maximum absolute atomic E-state index is 13.2. The number of carbonyl (C=O) groups is 3. The van der Waals surface area contributed by atoms with Gasteiger partial charge in [0.25, 0.3) is 11.8 Å². The number of esters is 1. The summed E-state index contributed by atoms with van der Waals surface area (Å²) < 4.78 is 24.1. The SMILES string of the molecule is O=C(OCc1ncc(-c2ccccc2)o1)c1ccc2c(c1)C(=O)N(c1ccc(F)cc1)C2=O. The highest BCUT2D eigenvalue weighted by atomic mass is 19.1. The van der Waals surface area contributed by atoms with E-state index in [1.54, 1.807) is 6.20 Å². The molecule has 5 rings (SSSR count). The number of amides is 2. The normalized spacial score (nSPS) is 12.7. The zero-order chi connectivity index (χ0) is 22.9. The summed E-state index contributed by atoms with van der Waals surface area (Å²) in [6, 6.07) is 18.5. The molecule has 1 aromatic heterocycles. The largest absolute Gasteiger partial charge is 0.452 e. The fourth-order valence-corrected chi connectivity index (χ4v) is 3.52. The molecule has 0 radical (unpaired) electrons. The Labute approximate surface area is 187 Å². The molecule has 0 saturated heterocycles. The van der Waals surface area contributed by atoms with Gasteiger partial charge in [-0.3, -0.25) is 9.59 Å². The van der Waals surface area contributed by atoms with Crippen molar-refractivity contribution in [3.63, 3.8) is 0 Å². The Hall–Kier alpha value is -4.59. The zero-order valence-corrected chi connectivity index (χ0v) is 17.0. The van der Waals surface area contributed by atoms with Gasteiger partial charge in [-0.2, -0.15) is 0 Å². The van der Waals surface area contributed by atoms with Gasteiger partial charge in [-0.25, -0.2) is 19.1 Å². The quantitative estimate of drug-likeness (QED) is 0.331. The average Bonchev–Trinajstić information content (AvgIpc) is 3.42. The third-order valence-electron chi connectivity index (χ3n) is 5.15. The molecule has 8 heteroatoms. The van der Waals surface area contributed by atoms with Crippen molar-refractivity contribution in [3.05, 3.63) is 107 Å². The first-order valence-corrected chi connectivity index (χ1v) is 9.97. The molecule has 0 atom stereocenters. The van der Waals surface area contributed by atoms with E-state index in [4.69, 9.17) is 9.15 Å². The topological polar surface area (TPSA) is 89.7 Å². The minimum atomic E-state index is -0.697. The van der Waals surface area contributed by atoms with Crippen molar-refractivity contribution < 1.29 is 27.9 Å². The molecule has 0 N–H and O–H groups in total. The molecule has 0 bridgehead atoms. The minimum absolute atomic E-state index is 0.0706. The van der Waals surface area contributed by atoms with Crippen LogP contribution < -0.4 is 4.90 Å². The van der Waals surface area contributed by atoms with E-state index < -0.39 is 23.6 Å². The van der Waals surface area contributed by atoms with E-state index in [1.165, 1.54) is 30.3 Å². The van der Waals surface area contributed by atoms with Gasteiger partial charge in [-0.15, -0.1) is 0 Å². The maximum Gasteiger partial charge on any atom is 0.338 e. The fraction of sp³-hybridized carbons (Fsp3) is 0.0400. The second-order valence-corrected chi connectivity index (χ2v) is 7.24. The Morgan fingerprint density at radius 3 is 2.42 bits per heavy atom. The predicted octanol–water partition coefficient (Wildman–Crippen LogP) is 4.64. The average molecular weight is 442 g/mol. The second-order valence-electron chi connectivity index (χ2n) is 7.24. The molecule has 0 aliphatic carbocycles. The third kappa shape index (κ3) is 3.78. The van der Waals surface area contributed by atoms with Crippen LogP contribution in [0, 0.1) is 5.82 Å². The summed E-state index contributed by atoms with van der Waals surface area (Å²) in [6.07, 6.45) is 1.54. The first-order chi connectivity index (χ1) is 16.0. The summed E-state index contributed by atoms with van der Waals surface area (Å²) in [5.41, 5.74) is 1.41. The lowest BCUT2D eigenvalue weighted by atomic mass is 10.1. The van der Waals surface area contributed by atoms with Crippen molar-refractivity contribution >= 4 is 23.5 Å². The third-order valence-corrected chi connectivity index (χ3v) is 5.15. The predicted molar refractivity (Wildman–Crippen MR) is 115 cm³/mol. The molecule has 2 amide bonds. The molecule has 2 heterocycles. The first kappa shape index (κ1) is 20.3. The number of nitrogens with zero attached hydrogens (tertiary/aromatic N) is 2. The van der Waals surface area contributed by atoms with E-state index in [0.29, 0.717) is 5.76 Å². The van der Waals surface area contributed by atoms with Crippen LogP contribution in [0.1, 0.15) is 37.0 Å². The van der Waals surface area contributed by atoms with Gasteiger partial charge >= 0.3 is 5.97 Å². The van der Waals surface area contributed by atoms with Crippen LogP contribution in [-0.4, -0.2) is 22.8 Å². The van der Waals surface area contributed by atoms with Crippen molar-refractivity contribution in [1.29, 1.82) is 0 Å². The number of hydrogen-bond acceptors (Lipinski definition) is 6. The molecule has 1 aliphatic heterocycles. The van der Waals surface area contributed by atoms with Crippen LogP contribution in [0.2, 0.25) is 0 Å². The summed E-state index contributed by atoms with van der Waals surface area (Å²) in [6.45, 7) is -0.197. The molecule has 162 valence electrons. The smallest absolute Gasteiger partial charge is 0.338 e. The number of aromatic nitrogens is 1. The van der Waals surface area contributed by atoms with Crippen LogP contribution in [0.5, 0.6) is 0 Å². The summed E-state index contributed by atoms with van der Waals surface area (Å²) >= 11 is 0. The van der Waals surface area contributed by atoms with Gasteiger partial charge in [0.05, 0.1) is 28.6 Å². The van der Waals surface area contributed by atoms with E-state index in [-0.39, 0.29) is 34.9 Å². The molecule has 1 aliphatic rings. The van der Waals surface area contributed by atoms with Crippen molar-refractivity contribution in [2.75, 3.05) is 4.90 Å². The van der Waals surface area contributed by atoms with E-state index in [9.17, 15) is 18.8 Å². The van der Waals surface area contributed by atoms with Crippen molar-refractivity contribution in [3.8, 4) is 11.3 Å². The molecule has 33 heavy (non-hydrogen) atoms. The molecule has 7 nitrogen and oxygen atoms in total. The summed E-state index contributed by atoms with van der Waals surface area (Å²) in [5.74, 6) is -1.56. The zero-order valence-electron chi connectivity index (χ0n) is 17.0. The molecule has 0 spiro atoms. The molecule has 0 saturated carbocycles. The van der Waals surface area contributed by atoms with Crippen LogP contribution in [0.25, 0.3) is 11.3 Å². The summed E-state index contributed by atoms with van der Waals surface area (Å²) in [7, 11) is 0. The fourth-order valence-electron chi connectivity index (χ4n) is 3.52. The maximum atomic E-state index is 13.2. The standard InChI is InChI=1S/C25H15FN2O5/c26-17-7-9-18(10-8-17)28-23(29)19-11-6-16(12-20(19)24(28)30)25(31)32-14-22-27-13-21(33-22)15-4-2-1-3-5-15/h1-13H,14H2. The van der Waals surface area contributed by atoms with E-state index >= 15 is 0 Å². The highest BCUT2D eigenvalue weighted by molar-refractivity contribution is 6.34. The van der Waals surface area contributed by atoms with E-state index in [2.05, 4.69) is 4.98 Å². The van der Waals surface area contributed by atoms with Crippen LogP contribution in [0.3, 0.4) is 0 Å². The van der Waals surface area contributed by atoms with Gasteiger partial charge in [-0.1, -0.05) is 30.3 Å². The highest BCUT2D eigenvalue weighted by Crippen LogP contribution is 2.29. The number of imide groups is 1. The highest BCUT2D eigenvalue weighted by Gasteiger charge is 2.37. The number of halogens is 1. The Balaban J connectivity index is 1.31. The van der Waals surface area contributed by atoms with Crippen LogP contribution in [0.15, 0.2) is 83.4 Å². The molecule has 0 unspecified atom stereocenters. The van der Waals surface area contributed by atoms with Gasteiger partial charge in [0.1, 0.15) is 5.82 Å². The Morgan fingerprint density at radius 1 is 0.939 bits per heavy atom. The summed E-state index contributed by atoms with van der Waals surface area (Å²) in [4.78, 5) is 43.1. The second kappa shape index (κ2) is 8.16.